The standard InChI is InChI=1S/C18H15ClN2O3S/c19-13-6-8-14(9-7-13)20-18-21(11-12-4-2-1-3-5-12)16(22)10-15(25-18)17(23)24/h1-9,15H,10-11H2,(H,23,24)/t15-/m1/s1. The highest BCUT2D eigenvalue weighted by Crippen LogP contribution is 2.30. The van der Waals surface area contributed by atoms with Crippen LogP contribution < -0.4 is 0 Å². The predicted molar refractivity (Wildman–Crippen MR) is 99.2 cm³/mol. The van der Waals surface area contributed by atoms with Crippen LogP contribution in [0.15, 0.2) is 59.6 Å². The van der Waals surface area contributed by atoms with Crippen LogP contribution in [0, 0.1) is 0 Å². The van der Waals surface area contributed by atoms with Crippen molar-refractivity contribution >= 4 is 46.1 Å². The number of benzene rings is 2. The van der Waals surface area contributed by atoms with Crippen LogP contribution >= 0.6 is 23.4 Å². The van der Waals surface area contributed by atoms with Gasteiger partial charge in [-0.1, -0.05) is 53.7 Å². The fourth-order valence-corrected chi connectivity index (χ4v) is 3.54. The first-order valence-corrected chi connectivity index (χ1v) is 8.87. The maximum Gasteiger partial charge on any atom is 0.317 e. The van der Waals surface area contributed by atoms with Gasteiger partial charge in [0.05, 0.1) is 18.7 Å². The Morgan fingerprint density at radius 3 is 2.52 bits per heavy atom. The van der Waals surface area contributed by atoms with Crippen LogP contribution in [0.5, 0.6) is 0 Å². The first-order chi connectivity index (χ1) is 12.0. The largest absolute Gasteiger partial charge is 0.480 e. The summed E-state index contributed by atoms with van der Waals surface area (Å²) in [4.78, 5) is 29.9. The van der Waals surface area contributed by atoms with Crippen LogP contribution in [0.3, 0.4) is 0 Å². The Hall–Kier alpha value is -2.31. The van der Waals surface area contributed by atoms with Gasteiger partial charge in [0, 0.05) is 5.02 Å². The second-order valence-electron chi connectivity index (χ2n) is 5.49. The number of rotatable bonds is 4. The number of carboxylic acid groups (broad SMARTS) is 1. The van der Waals surface area contributed by atoms with E-state index in [1.165, 1.54) is 4.90 Å². The molecule has 7 heteroatoms. The first kappa shape index (κ1) is 17.5. The Kier molecular flexibility index (Phi) is 5.40. The van der Waals surface area contributed by atoms with Crippen molar-refractivity contribution in [3.05, 3.63) is 65.2 Å². The zero-order valence-electron chi connectivity index (χ0n) is 13.1. The molecule has 0 radical (unpaired) electrons. The van der Waals surface area contributed by atoms with E-state index in [1.54, 1.807) is 24.3 Å². The lowest BCUT2D eigenvalue weighted by Crippen LogP contribution is -2.43. The van der Waals surface area contributed by atoms with Gasteiger partial charge in [0.25, 0.3) is 0 Å². The molecule has 25 heavy (non-hydrogen) atoms. The summed E-state index contributed by atoms with van der Waals surface area (Å²) in [5.74, 6) is -1.26. The van der Waals surface area contributed by atoms with Gasteiger partial charge in [-0.2, -0.15) is 0 Å². The van der Waals surface area contributed by atoms with Crippen LogP contribution in [0.1, 0.15) is 12.0 Å². The van der Waals surface area contributed by atoms with Gasteiger partial charge in [0.15, 0.2) is 5.17 Å². The molecule has 0 unspecified atom stereocenters. The Morgan fingerprint density at radius 2 is 1.88 bits per heavy atom. The van der Waals surface area contributed by atoms with Crippen molar-refractivity contribution in [1.82, 2.24) is 4.90 Å². The summed E-state index contributed by atoms with van der Waals surface area (Å²) in [6.07, 6.45) is -0.0491. The lowest BCUT2D eigenvalue weighted by molar-refractivity contribution is -0.139. The predicted octanol–water partition coefficient (Wildman–Crippen LogP) is 3.95. The van der Waals surface area contributed by atoms with E-state index in [0.29, 0.717) is 22.4 Å². The fourth-order valence-electron chi connectivity index (χ4n) is 2.38. The highest BCUT2D eigenvalue weighted by atomic mass is 35.5. The van der Waals surface area contributed by atoms with Gasteiger partial charge in [-0.25, -0.2) is 4.99 Å². The molecule has 1 fully saturated rings. The summed E-state index contributed by atoms with van der Waals surface area (Å²) >= 11 is 6.97. The molecule has 2 aromatic rings. The summed E-state index contributed by atoms with van der Waals surface area (Å²) < 4.78 is 0. The average molecular weight is 375 g/mol. The average Bonchev–Trinajstić information content (AvgIpc) is 2.60. The molecule has 1 amide bonds. The number of aliphatic imine (C=N–C) groups is 1. The summed E-state index contributed by atoms with van der Waals surface area (Å²) in [6.45, 7) is 0.353. The zero-order valence-corrected chi connectivity index (χ0v) is 14.7. The number of amidine groups is 1. The van der Waals surface area contributed by atoms with E-state index in [-0.39, 0.29) is 12.3 Å². The van der Waals surface area contributed by atoms with E-state index in [1.807, 2.05) is 30.3 Å². The third-order valence-electron chi connectivity index (χ3n) is 3.65. The molecule has 3 rings (SSSR count). The Balaban J connectivity index is 1.93. The number of hydrogen-bond acceptors (Lipinski definition) is 4. The van der Waals surface area contributed by atoms with Gasteiger partial charge in [0.2, 0.25) is 5.91 Å². The molecule has 1 heterocycles. The molecule has 2 aromatic carbocycles. The van der Waals surface area contributed by atoms with Crippen molar-refractivity contribution in [2.24, 2.45) is 4.99 Å². The number of carbonyl (C=O) groups excluding carboxylic acids is 1. The fraction of sp³-hybridized carbons (Fsp3) is 0.167. The molecule has 1 aliphatic rings. The quantitative estimate of drug-likeness (QED) is 0.879. The highest BCUT2D eigenvalue weighted by Gasteiger charge is 2.35. The third kappa shape index (κ3) is 4.41. The van der Waals surface area contributed by atoms with Crippen LogP contribution in [-0.2, 0) is 16.1 Å². The third-order valence-corrected chi connectivity index (χ3v) is 5.08. The molecule has 1 N–H and O–H groups in total. The van der Waals surface area contributed by atoms with E-state index in [0.717, 1.165) is 17.3 Å². The van der Waals surface area contributed by atoms with Gasteiger partial charge >= 0.3 is 5.97 Å². The molecule has 1 aliphatic heterocycles. The van der Waals surface area contributed by atoms with Crippen molar-refractivity contribution in [2.45, 2.75) is 18.2 Å². The summed E-state index contributed by atoms with van der Waals surface area (Å²) in [5, 5.41) is 9.43. The van der Waals surface area contributed by atoms with Crippen LogP contribution in [0.25, 0.3) is 0 Å². The highest BCUT2D eigenvalue weighted by molar-refractivity contribution is 8.15. The van der Waals surface area contributed by atoms with Crippen LogP contribution in [0.2, 0.25) is 5.02 Å². The number of carboxylic acids is 1. The van der Waals surface area contributed by atoms with Gasteiger partial charge in [-0.15, -0.1) is 0 Å². The SMILES string of the molecule is O=C(O)[C@H]1CC(=O)N(Cc2ccccc2)C(=Nc2ccc(Cl)cc2)S1. The van der Waals surface area contributed by atoms with Crippen molar-refractivity contribution in [2.75, 3.05) is 0 Å². The van der Waals surface area contributed by atoms with Crippen molar-refractivity contribution < 1.29 is 14.7 Å². The minimum atomic E-state index is -1.01. The molecule has 1 atom stereocenters. The molecule has 0 aliphatic carbocycles. The number of nitrogens with zero attached hydrogens (tertiary/aromatic N) is 2. The topological polar surface area (TPSA) is 70.0 Å². The Labute approximate surface area is 154 Å². The number of thioether (sulfide) groups is 1. The van der Waals surface area contributed by atoms with E-state index in [2.05, 4.69) is 4.99 Å². The molecular formula is C18H15ClN2O3S. The van der Waals surface area contributed by atoms with Crippen LogP contribution in [-0.4, -0.2) is 32.3 Å². The minimum Gasteiger partial charge on any atom is -0.480 e. The lowest BCUT2D eigenvalue weighted by atomic mass is 10.2. The number of carbonyl (C=O) groups is 2. The number of amides is 1. The molecule has 0 aromatic heterocycles. The van der Waals surface area contributed by atoms with E-state index in [4.69, 9.17) is 11.6 Å². The van der Waals surface area contributed by atoms with Crippen LogP contribution in [0.4, 0.5) is 5.69 Å². The molecule has 1 saturated heterocycles. The summed E-state index contributed by atoms with van der Waals surface area (Å²) in [7, 11) is 0. The van der Waals surface area contributed by atoms with E-state index in [9.17, 15) is 14.7 Å². The molecule has 0 bridgehead atoms. The van der Waals surface area contributed by atoms with Gasteiger partial charge < -0.3 is 5.11 Å². The van der Waals surface area contributed by atoms with E-state index < -0.39 is 11.2 Å². The minimum absolute atomic E-state index is 0.0491. The van der Waals surface area contributed by atoms with Gasteiger partial charge in [-0.3, -0.25) is 14.5 Å². The normalized spacial score (nSPS) is 19.2. The molecule has 0 spiro atoms. The van der Waals surface area contributed by atoms with Gasteiger partial charge in [-0.05, 0) is 29.8 Å². The number of hydrogen-bond donors (Lipinski definition) is 1. The second kappa shape index (κ2) is 7.72. The van der Waals surface area contributed by atoms with Gasteiger partial charge in [0.1, 0.15) is 5.25 Å². The molecular weight excluding hydrogens is 360 g/mol. The van der Waals surface area contributed by atoms with Crippen molar-refractivity contribution in [3.8, 4) is 0 Å². The van der Waals surface area contributed by atoms with Crippen molar-refractivity contribution in [1.29, 1.82) is 0 Å². The zero-order chi connectivity index (χ0) is 17.8. The Bertz CT molecular complexity index is 809. The number of aliphatic carboxylic acids is 1. The Morgan fingerprint density at radius 1 is 1.20 bits per heavy atom. The monoisotopic (exact) mass is 374 g/mol. The molecule has 5 nitrogen and oxygen atoms in total. The first-order valence-electron chi connectivity index (χ1n) is 7.61. The summed E-state index contributed by atoms with van der Waals surface area (Å²) in [5.41, 5.74) is 1.57. The maximum atomic E-state index is 12.5. The number of halogens is 1. The second-order valence-corrected chi connectivity index (χ2v) is 7.09. The van der Waals surface area contributed by atoms with E-state index >= 15 is 0 Å². The lowest BCUT2D eigenvalue weighted by Gasteiger charge is -2.30. The maximum absolute atomic E-state index is 12.5. The van der Waals surface area contributed by atoms with Crippen molar-refractivity contribution in [3.63, 3.8) is 0 Å². The molecule has 0 saturated carbocycles. The smallest absolute Gasteiger partial charge is 0.317 e. The molecule has 128 valence electrons. The summed E-state index contributed by atoms with van der Waals surface area (Å²) in [6, 6.07) is 16.4.